The number of nitrogens with zero attached hydrogens (tertiary/aromatic N) is 4. The van der Waals surface area contributed by atoms with Gasteiger partial charge in [0.05, 0.1) is 17.2 Å². The highest BCUT2D eigenvalue weighted by molar-refractivity contribution is 5.87. The highest BCUT2D eigenvalue weighted by Gasteiger charge is 2.17. The van der Waals surface area contributed by atoms with E-state index in [1.54, 1.807) is 25.1 Å². The average Bonchev–Trinajstić information content (AvgIpc) is 2.61. The van der Waals surface area contributed by atoms with Gasteiger partial charge in [-0.25, -0.2) is 9.78 Å². The number of carboxylic acids is 1. The summed E-state index contributed by atoms with van der Waals surface area (Å²) >= 11 is 0. The maximum Gasteiger partial charge on any atom is 0.337 e. The number of pyridine rings is 1. The molecule has 0 saturated heterocycles. The molecule has 0 radical (unpaired) electrons. The Kier molecular flexibility index (Phi) is 5.15. The number of hydrogen-bond donors (Lipinski definition) is 2. The van der Waals surface area contributed by atoms with Crippen LogP contribution < -0.4 is 5.01 Å². The van der Waals surface area contributed by atoms with Crippen LogP contribution in [0.25, 0.3) is 5.57 Å². The maximum absolute atomic E-state index is 10.9. The number of carboxylic acid groups (broad SMARTS) is 1. The molecule has 0 aliphatic carbocycles. The Bertz CT molecular complexity index is 896. The number of rotatable bonds is 5. The molecule has 0 spiro atoms. The van der Waals surface area contributed by atoms with Crippen molar-refractivity contribution >= 4 is 24.1 Å². The van der Waals surface area contributed by atoms with E-state index >= 15 is 0 Å². The molecule has 2 aromatic rings. The number of aliphatic hydroxyl groups excluding tert-OH is 1. The van der Waals surface area contributed by atoms with Crippen molar-refractivity contribution in [3.05, 3.63) is 64.7 Å². The van der Waals surface area contributed by atoms with Crippen molar-refractivity contribution in [2.45, 2.75) is 13.8 Å². The minimum absolute atomic E-state index is 0.0240. The molecule has 0 saturated carbocycles. The van der Waals surface area contributed by atoms with Crippen LogP contribution in [-0.4, -0.2) is 27.9 Å². The van der Waals surface area contributed by atoms with Crippen molar-refractivity contribution in [3.8, 4) is 6.07 Å². The predicted octanol–water partition coefficient (Wildman–Crippen LogP) is 3.33. The number of nitriles is 1. The average molecular weight is 336 g/mol. The zero-order chi connectivity index (χ0) is 18.6. The fraction of sp³-hybridized carbons (Fsp3) is 0.111. The summed E-state index contributed by atoms with van der Waals surface area (Å²) < 4.78 is 0. The minimum atomic E-state index is -1.10. The molecule has 0 bridgehead atoms. The van der Waals surface area contributed by atoms with Crippen molar-refractivity contribution in [2.24, 2.45) is 5.10 Å². The molecular formula is C18H16N4O3. The van der Waals surface area contributed by atoms with Gasteiger partial charge in [0.1, 0.15) is 0 Å². The quantitative estimate of drug-likeness (QED) is 0.492. The summed E-state index contributed by atoms with van der Waals surface area (Å²) in [6, 6.07) is 9.96. The normalized spacial score (nSPS) is 11.2. The molecule has 1 aromatic heterocycles. The van der Waals surface area contributed by atoms with Gasteiger partial charge in [0.25, 0.3) is 0 Å². The Labute approximate surface area is 144 Å². The summed E-state index contributed by atoms with van der Waals surface area (Å²) in [5.74, 6) is -1.07. The molecule has 0 aliphatic rings. The lowest BCUT2D eigenvalue weighted by atomic mass is 10.00. The Morgan fingerprint density at radius 2 is 2.04 bits per heavy atom. The number of hydrazone groups is 1. The van der Waals surface area contributed by atoms with Crippen LogP contribution in [-0.2, 0) is 0 Å². The highest BCUT2D eigenvalue weighted by atomic mass is 16.4. The van der Waals surface area contributed by atoms with Gasteiger partial charge in [-0.05, 0) is 49.2 Å². The summed E-state index contributed by atoms with van der Waals surface area (Å²) in [7, 11) is 0. The van der Waals surface area contributed by atoms with Gasteiger partial charge < -0.3 is 10.2 Å². The van der Waals surface area contributed by atoms with E-state index in [1.807, 2.05) is 6.92 Å². The molecule has 0 atom stereocenters. The SMILES string of the molecule is C=NN(/C(O)=C(\C)c1ccc(C#N)cc1C)c1ccc(C(=O)O)cn1. The largest absolute Gasteiger partial charge is 0.493 e. The van der Waals surface area contributed by atoms with Gasteiger partial charge in [-0.2, -0.15) is 15.4 Å². The Balaban J connectivity index is 2.45. The Hall–Kier alpha value is -3.66. The lowest BCUT2D eigenvalue weighted by Crippen LogP contribution is -2.18. The van der Waals surface area contributed by atoms with Gasteiger partial charge in [0, 0.05) is 18.5 Å². The van der Waals surface area contributed by atoms with Crippen LogP contribution in [0.4, 0.5) is 5.82 Å². The molecule has 0 aliphatic heterocycles. The van der Waals surface area contributed by atoms with Gasteiger partial charge >= 0.3 is 5.97 Å². The molecule has 1 aromatic carbocycles. The molecule has 25 heavy (non-hydrogen) atoms. The number of aryl methyl sites for hydroxylation is 1. The monoisotopic (exact) mass is 336 g/mol. The van der Waals surface area contributed by atoms with Crippen LogP contribution in [0.5, 0.6) is 0 Å². The number of carbonyl (C=O) groups is 1. The van der Waals surface area contributed by atoms with Crippen LogP contribution in [0.3, 0.4) is 0 Å². The smallest absolute Gasteiger partial charge is 0.337 e. The van der Waals surface area contributed by atoms with E-state index < -0.39 is 5.97 Å². The third-order valence-corrected chi connectivity index (χ3v) is 3.65. The van der Waals surface area contributed by atoms with E-state index in [9.17, 15) is 9.90 Å². The molecule has 1 heterocycles. The number of aromatic nitrogens is 1. The van der Waals surface area contributed by atoms with Crippen molar-refractivity contribution in [1.82, 2.24) is 4.98 Å². The van der Waals surface area contributed by atoms with Crippen LogP contribution in [0.1, 0.15) is 34.0 Å². The van der Waals surface area contributed by atoms with Gasteiger partial charge in [-0.15, -0.1) is 0 Å². The van der Waals surface area contributed by atoms with E-state index in [0.29, 0.717) is 11.1 Å². The van der Waals surface area contributed by atoms with Gasteiger partial charge in [-0.1, -0.05) is 6.07 Å². The first kappa shape index (κ1) is 17.7. The molecule has 0 unspecified atom stereocenters. The fourth-order valence-electron chi connectivity index (χ4n) is 2.32. The van der Waals surface area contributed by atoms with E-state index in [-0.39, 0.29) is 17.3 Å². The maximum atomic E-state index is 10.9. The fourth-order valence-corrected chi connectivity index (χ4v) is 2.32. The van der Waals surface area contributed by atoms with Crippen LogP contribution in [0.2, 0.25) is 0 Å². The first-order chi connectivity index (χ1) is 11.9. The second kappa shape index (κ2) is 7.27. The molecule has 2 rings (SSSR count). The van der Waals surface area contributed by atoms with E-state index in [4.69, 9.17) is 10.4 Å². The molecule has 2 N–H and O–H groups in total. The lowest BCUT2D eigenvalue weighted by Gasteiger charge is -2.19. The summed E-state index contributed by atoms with van der Waals surface area (Å²) in [5, 5.41) is 33.3. The number of aliphatic hydroxyl groups is 1. The van der Waals surface area contributed by atoms with E-state index in [2.05, 4.69) is 22.9 Å². The van der Waals surface area contributed by atoms with Crippen molar-refractivity contribution in [3.63, 3.8) is 0 Å². The number of aromatic carboxylic acids is 1. The van der Waals surface area contributed by atoms with E-state index in [0.717, 1.165) is 16.1 Å². The summed E-state index contributed by atoms with van der Waals surface area (Å²) in [6.07, 6.45) is 1.17. The van der Waals surface area contributed by atoms with Crippen molar-refractivity contribution in [2.75, 3.05) is 5.01 Å². The Morgan fingerprint density at radius 1 is 1.32 bits per heavy atom. The van der Waals surface area contributed by atoms with Gasteiger partial charge in [-0.3, -0.25) is 0 Å². The number of anilines is 1. The Morgan fingerprint density at radius 3 is 2.52 bits per heavy atom. The van der Waals surface area contributed by atoms with Crippen LogP contribution in [0, 0.1) is 18.3 Å². The topological polar surface area (TPSA) is 110 Å². The molecule has 7 nitrogen and oxygen atoms in total. The number of hydrogen-bond acceptors (Lipinski definition) is 6. The highest BCUT2D eigenvalue weighted by Crippen LogP contribution is 2.26. The second-order valence-electron chi connectivity index (χ2n) is 5.25. The first-order valence-corrected chi connectivity index (χ1v) is 7.26. The molecule has 126 valence electrons. The van der Waals surface area contributed by atoms with Crippen molar-refractivity contribution in [1.29, 1.82) is 5.26 Å². The molecule has 0 amide bonds. The van der Waals surface area contributed by atoms with Crippen LogP contribution in [0.15, 0.2) is 47.5 Å². The summed E-state index contributed by atoms with van der Waals surface area (Å²) in [6.45, 7) is 6.96. The van der Waals surface area contributed by atoms with E-state index in [1.165, 1.54) is 18.3 Å². The molecular weight excluding hydrogens is 320 g/mol. The zero-order valence-corrected chi connectivity index (χ0v) is 13.8. The molecule has 7 heteroatoms. The third-order valence-electron chi connectivity index (χ3n) is 3.65. The van der Waals surface area contributed by atoms with Crippen molar-refractivity contribution < 1.29 is 15.0 Å². The van der Waals surface area contributed by atoms with Crippen LogP contribution >= 0.6 is 0 Å². The first-order valence-electron chi connectivity index (χ1n) is 7.26. The zero-order valence-electron chi connectivity index (χ0n) is 13.8. The number of benzene rings is 1. The summed E-state index contributed by atoms with van der Waals surface area (Å²) in [5.41, 5.74) is 2.63. The third kappa shape index (κ3) is 3.64. The minimum Gasteiger partial charge on any atom is -0.493 e. The molecule has 0 fully saturated rings. The van der Waals surface area contributed by atoms with Gasteiger partial charge in [0.2, 0.25) is 5.88 Å². The summed E-state index contributed by atoms with van der Waals surface area (Å²) in [4.78, 5) is 14.9. The number of allylic oxidation sites excluding steroid dienone is 1. The van der Waals surface area contributed by atoms with Gasteiger partial charge in [0.15, 0.2) is 5.82 Å². The standard InChI is InChI=1S/C18H16N4O3/c1-11-8-13(9-19)4-6-15(11)12(2)17(23)22(20-3)16-7-5-14(10-21-16)18(24)25/h4-8,10,23H,3H2,1-2H3,(H,24,25)/b17-12-. The lowest BCUT2D eigenvalue weighted by molar-refractivity contribution is 0.0696. The second-order valence-corrected chi connectivity index (χ2v) is 5.25. The predicted molar refractivity (Wildman–Crippen MR) is 94.3 cm³/mol.